The van der Waals surface area contributed by atoms with E-state index in [1.807, 2.05) is 18.3 Å². The maximum atomic E-state index is 4.52. The summed E-state index contributed by atoms with van der Waals surface area (Å²) in [5.74, 6) is 0. The van der Waals surface area contributed by atoms with Crippen molar-refractivity contribution < 1.29 is 0 Å². The molecule has 0 fully saturated rings. The van der Waals surface area contributed by atoms with E-state index in [1.54, 1.807) is 0 Å². The van der Waals surface area contributed by atoms with Crippen molar-refractivity contribution in [3.63, 3.8) is 0 Å². The van der Waals surface area contributed by atoms with Crippen LogP contribution in [0.4, 0.5) is 5.69 Å². The Morgan fingerprint density at radius 2 is 1.28 bits per heavy atom. The van der Waals surface area contributed by atoms with Crippen molar-refractivity contribution in [1.82, 2.24) is 4.57 Å². The van der Waals surface area contributed by atoms with Gasteiger partial charge in [0.1, 0.15) is 0 Å². The zero-order valence-electron chi connectivity index (χ0n) is 32.2. The molecule has 9 aromatic rings. The van der Waals surface area contributed by atoms with Gasteiger partial charge in [-0.05, 0) is 115 Å². The molecule has 0 aliphatic heterocycles. The van der Waals surface area contributed by atoms with E-state index < -0.39 is 0 Å². The highest BCUT2D eigenvalue weighted by Crippen LogP contribution is 2.53. The summed E-state index contributed by atoms with van der Waals surface area (Å²) in [7, 11) is 0. The Morgan fingerprint density at radius 3 is 2.09 bits per heavy atom. The van der Waals surface area contributed by atoms with Crippen LogP contribution in [-0.2, 0) is 5.41 Å². The van der Waals surface area contributed by atoms with Gasteiger partial charge in [-0.15, -0.1) is 0 Å². The molecule has 1 aromatic heterocycles. The monoisotopic (exact) mass is 730 g/mol. The molecule has 1 aliphatic rings. The summed E-state index contributed by atoms with van der Waals surface area (Å²) in [6, 6.07) is 65.6. The van der Waals surface area contributed by atoms with E-state index in [0.717, 1.165) is 33.6 Å². The first kappa shape index (κ1) is 34.3. The highest BCUT2D eigenvalue weighted by molar-refractivity contribution is 6.14. The number of rotatable bonds is 8. The molecule has 2 heteroatoms. The maximum Gasteiger partial charge on any atom is 0.0588 e. The minimum atomic E-state index is -0.177. The minimum absolute atomic E-state index is 0.177. The number of nitrogens with zero attached hydrogens (tertiary/aromatic N) is 1. The fourth-order valence-electron chi connectivity index (χ4n) is 8.89. The van der Waals surface area contributed by atoms with Crippen LogP contribution in [0.5, 0.6) is 0 Å². The molecular weight excluding hydrogens is 689 g/mol. The topological polar surface area (TPSA) is 17.0 Å². The predicted molar refractivity (Wildman–Crippen MR) is 244 cm³/mol. The number of anilines is 1. The molecule has 0 spiro atoms. The Hall–Kier alpha value is -7.16. The molecule has 272 valence electrons. The van der Waals surface area contributed by atoms with Crippen LogP contribution in [0.15, 0.2) is 207 Å². The van der Waals surface area contributed by atoms with E-state index in [-0.39, 0.29) is 5.41 Å². The molecule has 0 saturated heterocycles. The summed E-state index contributed by atoms with van der Waals surface area (Å²) in [6.07, 6.45) is 6.41. The standard InChI is InChI=1S/C55H42N2/c1-37(38-14-6-4-7-15-38)34-44(32-33-56-45-26-22-41(23-27-45)39-16-8-5-9-17-39)43-25-31-52-50(36-43)49-30-29-48-47-20-12-13-21-51(47)55(2,3)53(48)54(49)57(52)46-28-24-40-18-10-11-19-42(40)35-46/h4-36,56H,1H2,2-3H3/b33-32-,44-34+. The summed E-state index contributed by atoms with van der Waals surface area (Å²) < 4.78 is 2.51. The molecule has 2 nitrogen and oxygen atoms in total. The van der Waals surface area contributed by atoms with E-state index >= 15 is 0 Å². The smallest absolute Gasteiger partial charge is 0.0588 e. The first-order valence-corrected chi connectivity index (χ1v) is 19.7. The Labute approximate surface area is 334 Å². The fourth-order valence-corrected chi connectivity index (χ4v) is 8.89. The molecule has 1 aliphatic carbocycles. The fraction of sp³-hybridized carbons (Fsp3) is 0.0545. The largest absolute Gasteiger partial charge is 0.362 e. The Kier molecular flexibility index (Phi) is 8.34. The molecule has 1 N–H and O–H groups in total. The average molecular weight is 731 g/mol. The molecule has 8 aromatic carbocycles. The number of hydrogen-bond acceptors (Lipinski definition) is 1. The zero-order valence-corrected chi connectivity index (χ0v) is 32.2. The quantitative estimate of drug-likeness (QED) is 0.154. The van der Waals surface area contributed by atoms with Gasteiger partial charge in [0.05, 0.1) is 11.0 Å². The van der Waals surface area contributed by atoms with Crippen molar-refractivity contribution in [2.24, 2.45) is 0 Å². The summed E-state index contributed by atoms with van der Waals surface area (Å²) in [4.78, 5) is 0. The van der Waals surface area contributed by atoms with Gasteiger partial charge in [0.2, 0.25) is 0 Å². The van der Waals surface area contributed by atoms with Gasteiger partial charge < -0.3 is 9.88 Å². The van der Waals surface area contributed by atoms with Gasteiger partial charge in [0.25, 0.3) is 0 Å². The third kappa shape index (κ3) is 5.98. The second-order valence-electron chi connectivity index (χ2n) is 15.6. The van der Waals surface area contributed by atoms with Gasteiger partial charge in [-0.25, -0.2) is 0 Å². The van der Waals surface area contributed by atoms with Crippen LogP contribution in [-0.4, -0.2) is 4.57 Å². The van der Waals surface area contributed by atoms with Crippen LogP contribution in [0.2, 0.25) is 0 Å². The Balaban J connectivity index is 1.13. The highest BCUT2D eigenvalue weighted by Gasteiger charge is 2.38. The lowest BCUT2D eigenvalue weighted by molar-refractivity contribution is 0.664. The van der Waals surface area contributed by atoms with Crippen LogP contribution in [0.1, 0.15) is 36.1 Å². The molecule has 0 atom stereocenters. The highest BCUT2D eigenvalue weighted by atomic mass is 15.0. The molecule has 0 bridgehead atoms. The van der Waals surface area contributed by atoms with Crippen molar-refractivity contribution in [3.8, 4) is 27.9 Å². The van der Waals surface area contributed by atoms with E-state index in [4.69, 9.17) is 0 Å². The van der Waals surface area contributed by atoms with Crippen LogP contribution in [0, 0.1) is 0 Å². The average Bonchev–Trinajstić information content (AvgIpc) is 3.71. The Bertz CT molecular complexity index is 3050. The molecule has 0 amide bonds. The number of benzene rings is 8. The van der Waals surface area contributed by atoms with Crippen molar-refractivity contribution in [1.29, 1.82) is 0 Å². The van der Waals surface area contributed by atoms with E-state index in [1.165, 1.54) is 66.0 Å². The normalized spacial score (nSPS) is 13.3. The van der Waals surface area contributed by atoms with Crippen LogP contribution in [0.25, 0.3) is 71.7 Å². The summed E-state index contributed by atoms with van der Waals surface area (Å²) in [6.45, 7) is 9.28. The molecular formula is C55H42N2. The summed E-state index contributed by atoms with van der Waals surface area (Å²) in [5.41, 5.74) is 16.5. The second kappa shape index (κ2) is 13.8. The van der Waals surface area contributed by atoms with E-state index in [9.17, 15) is 0 Å². The minimum Gasteiger partial charge on any atom is -0.362 e. The van der Waals surface area contributed by atoms with Gasteiger partial charge in [0.15, 0.2) is 0 Å². The van der Waals surface area contributed by atoms with Crippen molar-refractivity contribution in [2.75, 3.05) is 5.32 Å². The van der Waals surface area contributed by atoms with Crippen molar-refractivity contribution >= 4 is 49.4 Å². The van der Waals surface area contributed by atoms with E-state index in [2.05, 4.69) is 212 Å². The number of aromatic nitrogens is 1. The molecule has 0 radical (unpaired) electrons. The number of hydrogen-bond donors (Lipinski definition) is 1. The first-order chi connectivity index (χ1) is 27.9. The van der Waals surface area contributed by atoms with Gasteiger partial charge in [-0.3, -0.25) is 0 Å². The predicted octanol–water partition coefficient (Wildman–Crippen LogP) is 14.6. The summed E-state index contributed by atoms with van der Waals surface area (Å²) >= 11 is 0. The van der Waals surface area contributed by atoms with Crippen LogP contribution >= 0.6 is 0 Å². The molecule has 0 saturated carbocycles. The second-order valence-corrected chi connectivity index (χ2v) is 15.6. The van der Waals surface area contributed by atoms with Crippen LogP contribution < -0.4 is 5.32 Å². The third-order valence-corrected chi connectivity index (χ3v) is 11.7. The van der Waals surface area contributed by atoms with Crippen LogP contribution in [0.3, 0.4) is 0 Å². The SMILES string of the molecule is C=C(/C=C(\C=C/Nc1ccc(-c2ccccc2)cc1)c1ccc2c(c1)c1ccc3c(c1n2-c1ccc2ccccc2c1)C(C)(C)c1ccccc1-3)c1ccccc1. The molecule has 1 heterocycles. The summed E-state index contributed by atoms with van der Waals surface area (Å²) in [5, 5.41) is 8.48. The maximum absolute atomic E-state index is 4.52. The lowest BCUT2D eigenvalue weighted by atomic mass is 9.81. The van der Waals surface area contributed by atoms with Gasteiger partial charge >= 0.3 is 0 Å². The number of fused-ring (bicyclic) bond motifs is 8. The van der Waals surface area contributed by atoms with Gasteiger partial charge in [-0.1, -0.05) is 166 Å². The molecule has 57 heavy (non-hydrogen) atoms. The lowest BCUT2D eigenvalue weighted by Gasteiger charge is -2.23. The van der Waals surface area contributed by atoms with Crippen molar-refractivity contribution in [2.45, 2.75) is 19.3 Å². The van der Waals surface area contributed by atoms with Gasteiger partial charge in [0, 0.05) is 33.8 Å². The molecule has 0 unspecified atom stereocenters. The number of allylic oxidation sites excluding steroid dienone is 4. The van der Waals surface area contributed by atoms with Crippen molar-refractivity contribution in [3.05, 3.63) is 229 Å². The number of nitrogens with one attached hydrogen (secondary N) is 1. The first-order valence-electron chi connectivity index (χ1n) is 19.7. The van der Waals surface area contributed by atoms with Gasteiger partial charge in [-0.2, -0.15) is 0 Å². The zero-order chi connectivity index (χ0) is 38.5. The molecule has 10 rings (SSSR count). The van der Waals surface area contributed by atoms with E-state index in [0.29, 0.717) is 0 Å². The Morgan fingerprint density at radius 1 is 0.579 bits per heavy atom. The third-order valence-electron chi connectivity index (χ3n) is 11.7. The lowest BCUT2D eigenvalue weighted by Crippen LogP contribution is -2.16.